The van der Waals surface area contributed by atoms with Crippen LogP contribution in [-0.4, -0.2) is 31.7 Å². The van der Waals surface area contributed by atoms with Gasteiger partial charge in [0.15, 0.2) is 9.84 Å². The molecule has 6 nitrogen and oxygen atoms in total. The first-order chi connectivity index (χ1) is 11.8. The molecule has 1 amide bonds. The lowest BCUT2D eigenvalue weighted by molar-refractivity contribution is -0.117. The van der Waals surface area contributed by atoms with E-state index < -0.39 is 15.8 Å². The smallest absolute Gasteiger partial charge is 0.335 e. The maximum Gasteiger partial charge on any atom is 0.335 e. The third kappa shape index (κ3) is 3.56. The number of rotatable bonds is 4. The molecular formula is C18H17NO5S. The highest BCUT2D eigenvalue weighted by Crippen LogP contribution is 2.34. The normalized spacial score (nSPS) is 16.3. The molecule has 130 valence electrons. The Hall–Kier alpha value is -2.67. The van der Waals surface area contributed by atoms with Crippen molar-refractivity contribution in [1.29, 1.82) is 0 Å². The Balaban J connectivity index is 1.92. The van der Waals surface area contributed by atoms with Crippen LogP contribution >= 0.6 is 0 Å². The Morgan fingerprint density at radius 2 is 1.88 bits per heavy atom. The predicted octanol–water partition coefficient (Wildman–Crippen LogP) is 2.46. The van der Waals surface area contributed by atoms with E-state index in [2.05, 4.69) is 5.32 Å². The summed E-state index contributed by atoms with van der Waals surface area (Å²) in [5.74, 6) is -1.86. The Labute approximate surface area is 145 Å². The summed E-state index contributed by atoms with van der Waals surface area (Å²) >= 11 is 0. The molecule has 0 spiro atoms. The van der Waals surface area contributed by atoms with Crippen molar-refractivity contribution in [2.24, 2.45) is 0 Å². The van der Waals surface area contributed by atoms with Crippen LogP contribution in [0.3, 0.4) is 0 Å². The molecule has 3 rings (SSSR count). The highest BCUT2D eigenvalue weighted by atomic mass is 32.2. The first kappa shape index (κ1) is 17.2. The van der Waals surface area contributed by atoms with Crippen molar-refractivity contribution in [2.75, 3.05) is 11.6 Å². The summed E-state index contributed by atoms with van der Waals surface area (Å²) in [4.78, 5) is 23.7. The van der Waals surface area contributed by atoms with E-state index in [0.29, 0.717) is 6.42 Å². The minimum atomic E-state index is -3.60. The largest absolute Gasteiger partial charge is 0.478 e. The summed E-state index contributed by atoms with van der Waals surface area (Å²) < 4.78 is 23.5. The molecule has 2 N–H and O–H groups in total. The van der Waals surface area contributed by atoms with Crippen molar-refractivity contribution in [3.8, 4) is 0 Å². The zero-order chi connectivity index (χ0) is 18.2. The van der Waals surface area contributed by atoms with Crippen LogP contribution in [0.4, 0.5) is 5.69 Å². The lowest BCUT2D eigenvalue weighted by Crippen LogP contribution is -2.20. The van der Waals surface area contributed by atoms with Crippen molar-refractivity contribution < 1.29 is 23.1 Å². The molecule has 0 fully saturated rings. The topological polar surface area (TPSA) is 101 Å². The third-order valence-electron chi connectivity index (χ3n) is 4.30. The number of carboxylic acid groups (broad SMARTS) is 1. The number of carboxylic acids is 1. The monoisotopic (exact) mass is 359 g/mol. The van der Waals surface area contributed by atoms with E-state index in [9.17, 15) is 18.0 Å². The number of fused-ring (bicyclic) bond motifs is 1. The van der Waals surface area contributed by atoms with Crippen molar-refractivity contribution in [1.82, 2.24) is 0 Å². The second-order valence-electron chi connectivity index (χ2n) is 6.10. The van der Waals surface area contributed by atoms with Gasteiger partial charge in [0.2, 0.25) is 5.91 Å². The molecule has 0 heterocycles. The molecule has 2 aromatic rings. The van der Waals surface area contributed by atoms with Gasteiger partial charge in [0, 0.05) is 11.9 Å². The van der Waals surface area contributed by atoms with Gasteiger partial charge in [-0.15, -0.1) is 0 Å². The first-order valence-corrected chi connectivity index (χ1v) is 9.62. The Kier molecular flexibility index (Phi) is 4.34. The van der Waals surface area contributed by atoms with Gasteiger partial charge >= 0.3 is 5.97 Å². The lowest BCUT2D eigenvalue weighted by Gasteiger charge is -2.13. The number of nitrogens with one attached hydrogen (secondary N) is 1. The van der Waals surface area contributed by atoms with E-state index in [1.807, 2.05) is 24.3 Å². The van der Waals surface area contributed by atoms with Gasteiger partial charge in [-0.25, -0.2) is 13.2 Å². The minimum absolute atomic E-state index is 0.144. The standard InChI is InChI=1S/C18H17NO5S/c1-25(23,24)14-9-12(18(21)22)8-13(10-14)19-17(20)16-7-6-11-4-2-3-5-15(11)16/h2-5,8-10,16H,6-7H2,1H3,(H,19,20)(H,21,22). The maximum absolute atomic E-state index is 12.6. The fraction of sp³-hybridized carbons (Fsp3) is 0.222. The number of aromatic carboxylic acids is 1. The van der Waals surface area contributed by atoms with Crippen LogP contribution < -0.4 is 5.32 Å². The van der Waals surface area contributed by atoms with Crippen molar-refractivity contribution in [3.63, 3.8) is 0 Å². The molecule has 1 aliphatic carbocycles. The quantitative estimate of drug-likeness (QED) is 0.873. The number of hydrogen-bond donors (Lipinski definition) is 2. The Morgan fingerprint density at radius 3 is 2.56 bits per heavy atom. The fourth-order valence-corrected chi connectivity index (χ4v) is 3.75. The molecule has 2 aromatic carbocycles. The SMILES string of the molecule is CS(=O)(=O)c1cc(NC(=O)C2CCc3ccccc32)cc(C(=O)O)c1. The van der Waals surface area contributed by atoms with Gasteiger partial charge < -0.3 is 10.4 Å². The van der Waals surface area contributed by atoms with Gasteiger partial charge in [-0.1, -0.05) is 24.3 Å². The molecule has 25 heavy (non-hydrogen) atoms. The lowest BCUT2D eigenvalue weighted by atomic mass is 10.0. The van der Waals surface area contributed by atoms with E-state index in [4.69, 9.17) is 5.11 Å². The third-order valence-corrected chi connectivity index (χ3v) is 5.39. The molecule has 0 bridgehead atoms. The number of carbonyl (C=O) groups excluding carboxylic acids is 1. The Bertz CT molecular complexity index is 965. The van der Waals surface area contributed by atoms with Crippen LogP contribution in [0.25, 0.3) is 0 Å². The number of benzene rings is 2. The average molecular weight is 359 g/mol. The van der Waals surface area contributed by atoms with Gasteiger partial charge in [-0.05, 0) is 42.2 Å². The Morgan fingerprint density at radius 1 is 1.16 bits per heavy atom. The predicted molar refractivity (Wildman–Crippen MR) is 92.6 cm³/mol. The van der Waals surface area contributed by atoms with Crippen LogP contribution in [0, 0.1) is 0 Å². The number of anilines is 1. The number of amides is 1. The van der Waals surface area contributed by atoms with Crippen LogP contribution in [-0.2, 0) is 21.1 Å². The van der Waals surface area contributed by atoms with E-state index >= 15 is 0 Å². The second-order valence-corrected chi connectivity index (χ2v) is 8.12. The first-order valence-electron chi connectivity index (χ1n) is 7.73. The molecule has 0 aliphatic heterocycles. The zero-order valence-corrected chi connectivity index (χ0v) is 14.3. The minimum Gasteiger partial charge on any atom is -0.478 e. The van der Waals surface area contributed by atoms with Crippen LogP contribution in [0.15, 0.2) is 47.4 Å². The molecule has 0 aromatic heterocycles. The van der Waals surface area contributed by atoms with Crippen LogP contribution in [0.2, 0.25) is 0 Å². The van der Waals surface area contributed by atoms with E-state index in [1.165, 1.54) is 12.1 Å². The molecule has 7 heteroatoms. The molecule has 0 saturated heterocycles. The summed E-state index contributed by atoms with van der Waals surface area (Å²) in [5, 5.41) is 11.8. The number of aryl methyl sites for hydroxylation is 1. The molecule has 1 atom stereocenters. The molecule has 0 saturated carbocycles. The molecular weight excluding hydrogens is 342 g/mol. The van der Waals surface area contributed by atoms with Gasteiger partial charge in [0.05, 0.1) is 16.4 Å². The van der Waals surface area contributed by atoms with E-state index in [0.717, 1.165) is 29.9 Å². The maximum atomic E-state index is 12.6. The summed E-state index contributed by atoms with van der Waals surface area (Å²) in [6.45, 7) is 0. The molecule has 0 radical (unpaired) electrons. The van der Waals surface area contributed by atoms with Crippen molar-refractivity contribution in [3.05, 3.63) is 59.2 Å². The van der Waals surface area contributed by atoms with Gasteiger partial charge in [0.25, 0.3) is 0 Å². The van der Waals surface area contributed by atoms with Crippen molar-refractivity contribution >= 4 is 27.4 Å². The zero-order valence-electron chi connectivity index (χ0n) is 13.5. The number of hydrogen-bond acceptors (Lipinski definition) is 4. The van der Waals surface area contributed by atoms with Gasteiger partial charge in [-0.3, -0.25) is 4.79 Å². The molecule has 1 aliphatic rings. The number of sulfone groups is 1. The fourth-order valence-electron chi connectivity index (χ4n) is 3.07. The second kappa shape index (κ2) is 6.33. The summed E-state index contributed by atoms with van der Waals surface area (Å²) in [6.07, 6.45) is 2.47. The average Bonchev–Trinajstić information content (AvgIpc) is 2.97. The van der Waals surface area contributed by atoms with E-state index in [-0.39, 0.29) is 28.0 Å². The summed E-state index contributed by atoms with van der Waals surface area (Å²) in [7, 11) is -3.60. The molecule has 1 unspecified atom stereocenters. The summed E-state index contributed by atoms with van der Waals surface area (Å²) in [6, 6.07) is 11.3. The van der Waals surface area contributed by atoms with Crippen molar-refractivity contribution in [2.45, 2.75) is 23.7 Å². The number of carbonyl (C=O) groups is 2. The highest BCUT2D eigenvalue weighted by Gasteiger charge is 2.28. The van der Waals surface area contributed by atoms with Gasteiger partial charge in [-0.2, -0.15) is 0 Å². The van der Waals surface area contributed by atoms with Crippen LogP contribution in [0.5, 0.6) is 0 Å². The highest BCUT2D eigenvalue weighted by molar-refractivity contribution is 7.90. The summed E-state index contributed by atoms with van der Waals surface area (Å²) in [5.41, 5.74) is 2.05. The van der Waals surface area contributed by atoms with Crippen LogP contribution in [0.1, 0.15) is 33.8 Å². The van der Waals surface area contributed by atoms with Gasteiger partial charge in [0.1, 0.15) is 0 Å². The van der Waals surface area contributed by atoms with E-state index in [1.54, 1.807) is 0 Å².